The molecular formula is C13H19BrN4O. The molecule has 3 N–H and O–H groups in total. The first-order valence-corrected chi connectivity index (χ1v) is 7.32. The molecule has 2 rings (SSSR count). The Morgan fingerprint density at radius 1 is 1.47 bits per heavy atom. The number of hydrazine groups is 1. The van der Waals surface area contributed by atoms with E-state index in [9.17, 15) is 4.79 Å². The van der Waals surface area contributed by atoms with Crippen molar-refractivity contribution in [3.05, 3.63) is 22.3 Å². The quantitative estimate of drug-likeness (QED) is 0.661. The summed E-state index contributed by atoms with van der Waals surface area (Å²) in [4.78, 5) is 18.5. The van der Waals surface area contributed by atoms with E-state index in [1.54, 1.807) is 12.3 Å². The molecule has 19 heavy (non-hydrogen) atoms. The molecule has 0 aliphatic heterocycles. The zero-order valence-electron chi connectivity index (χ0n) is 11.0. The predicted molar refractivity (Wildman–Crippen MR) is 78.7 cm³/mol. The van der Waals surface area contributed by atoms with Gasteiger partial charge in [-0.05, 0) is 34.8 Å². The molecule has 0 radical (unpaired) electrons. The van der Waals surface area contributed by atoms with Crippen molar-refractivity contribution < 1.29 is 4.79 Å². The number of nitrogens with zero attached hydrogens (tertiary/aromatic N) is 2. The average molecular weight is 327 g/mol. The number of aromatic nitrogens is 1. The van der Waals surface area contributed by atoms with E-state index in [2.05, 4.69) is 26.3 Å². The largest absolute Gasteiger partial charge is 0.339 e. The first kappa shape index (κ1) is 14.3. The molecule has 6 heteroatoms. The fourth-order valence-electron chi connectivity index (χ4n) is 2.54. The van der Waals surface area contributed by atoms with E-state index in [4.69, 9.17) is 5.84 Å². The topological polar surface area (TPSA) is 71.2 Å². The van der Waals surface area contributed by atoms with Crippen molar-refractivity contribution in [1.82, 2.24) is 9.88 Å². The van der Waals surface area contributed by atoms with Gasteiger partial charge in [0.2, 0.25) is 0 Å². The Hall–Kier alpha value is -1.14. The second kappa shape index (κ2) is 6.34. The highest BCUT2D eigenvalue weighted by atomic mass is 79.9. The lowest BCUT2D eigenvalue weighted by molar-refractivity contribution is 0.0697. The molecule has 1 aliphatic carbocycles. The normalized spacial score (nSPS) is 16.2. The van der Waals surface area contributed by atoms with Crippen molar-refractivity contribution in [3.63, 3.8) is 0 Å². The third kappa shape index (κ3) is 3.25. The van der Waals surface area contributed by atoms with Crippen LogP contribution in [0.1, 0.15) is 42.5 Å². The van der Waals surface area contributed by atoms with Crippen molar-refractivity contribution >= 4 is 27.7 Å². The third-order valence-corrected chi connectivity index (χ3v) is 4.10. The van der Waals surface area contributed by atoms with Gasteiger partial charge in [0.1, 0.15) is 0 Å². The fourth-order valence-corrected chi connectivity index (χ4v) is 2.87. The summed E-state index contributed by atoms with van der Waals surface area (Å²) in [5.74, 6) is 5.80. The molecule has 1 aliphatic rings. The number of nitrogens with one attached hydrogen (secondary N) is 1. The van der Waals surface area contributed by atoms with E-state index >= 15 is 0 Å². The molecule has 104 valence electrons. The van der Waals surface area contributed by atoms with Gasteiger partial charge < -0.3 is 10.3 Å². The van der Waals surface area contributed by atoms with Crippen LogP contribution in [0.2, 0.25) is 0 Å². The minimum absolute atomic E-state index is 0.0337. The van der Waals surface area contributed by atoms with Gasteiger partial charge in [0.15, 0.2) is 5.82 Å². The average Bonchev–Trinajstić information content (AvgIpc) is 2.46. The SMILES string of the molecule is CN(C(=O)c1cc(Br)cnc1NN)C1CCCCC1. The van der Waals surface area contributed by atoms with E-state index in [0.29, 0.717) is 17.4 Å². The van der Waals surface area contributed by atoms with E-state index in [-0.39, 0.29) is 5.91 Å². The minimum Gasteiger partial charge on any atom is -0.339 e. The second-order valence-corrected chi connectivity index (χ2v) is 5.82. The molecule has 5 nitrogen and oxygen atoms in total. The van der Waals surface area contributed by atoms with Crippen molar-refractivity contribution in [2.75, 3.05) is 12.5 Å². The Labute approximate surface area is 121 Å². The molecule has 0 saturated heterocycles. The lowest BCUT2D eigenvalue weighted by Crippen LogP contribution is -2.38. The van der Waals surface area contributed by atoms with E-state index in [1.807, 2.05) is 11.9 Å². The summed E-state index contributed by atoms with van der Waals surface area (Å²) < 4.78 is 0.770. The molecule has 1 saturated carbocycles. The summed E-state index contributed by atoms with van der Waals surface area (Å²) in [7, 11) is 1.86. The van der Waals surface area contributed by atoms with E-state index in [1.165, 1.54) is 19.3 Å². The van der Waals surface area contributed by atoms with Crippen LogP contribution in [0.15, 0.2) is 16.7 Å². The number of hydrogen-bond donors (Lipinski definition) is 2. The first-order chi connectivity index (χ1) is 9.13. The lowest BCUT2D eigenvalue weighted by Gasteiger charge is -2.31. The number of halogens is 1. The van der Waals surface area contributed by atoms with Crippen molar-refractivity contribution in [2.45, 2.75) is 38.1 Å². The maximum Gasteiger partial charge on any atom is 0.257 e. The molecule has 1 aromatic heterocycles. The third-order valence-electron chi connectivity index (χ3n) is 3.66. The number of carbonyl (C=O) groups excluding carboxylic acids is 1. The van der Waals surface area contributed by atoms with Gasteiger partial charge in [-0.3, -0.25) is 4.79 Å². The fraction of sp³-hybridized carbons (Fsp3) is 0.538. The second-order valence-electron chi connectivity index (χ2n) is 4.90. The summed E-state index contributed by atoms with van der Waals surface area (Å²) in [6, 6.07) is 2.08. The Morgan fingerprint density at radius 2 is 2.16 bits per heavy atom. The molecule has 1 heterocycles. The van der Waals surface area contributed by atoms with Gasteiger partial charge in [-0.1, -0.05) is 19.3 Å². The standard InChI is InChI=1S/C13H19BrN4O/c1-18(10-5-3-2-4-6-10)13(19)11-7-9(14)8-16-12(11)17-15/h7-8,10H,2-6,15H2,1H3,(H,16,17). The highest BCUT2D eigenvalue weighted by Gasteiger charge is 2.25. The molecule has 0 unspecified atom stereocenters. The number of nitrogens with two attached hydrogens (primary N) is 1. The number of carbonyl (C=O) groups is 1. The number of hydrogen-bond acceptors (Lipinski definition) is 4. The van der Waals surface area contributed by atoms with Gasteiger partial charge in [0, 0.05) is 23.8 Å². The number of amides is 1. The first-order valence-electron chi connectivity index (χ1n) is 6.53. The van der Waals surface area contributed by atoms with Crippen LogP contribution in [0.25, 0.3) is 0 Å². The molecular weight excluding hydrogens is 308 g/mol. The predicted octanol–water partition coefficient (Wildman–Crippen LogP) is 2.53. The molecule has 0 aromatic carbocycles. The van der Waals surface area contributed by atoms with Gasteiger partial charge >= 0.3 is 0 Å². The molecule has 1 fully saturated rings. The molecule has 1 amide bonds. The highest BCUT2D eigenvalue weighted by molar-refractivity contribution is 9.10. The van der Waals surface area contributed by atoms with Crippen LogP contribution < -0.4 is 11.3 Å². The molecule has 0 bridgehead atoms. The van der Waals surface area contributed by atoms with Crippen LogP contribution in [0.5, 0.6) is 0 Å². The van der Waals surface area contributed by atoms with Crippen molar-refractivity contribution in [2.24, 2.45) is 5.84 Å². The Morgan fingerprint density at radius 3 is 2.79 bits per heavy atom. The van der Waals surface area contributed by atoms with Crippen LogP contribution in [0.3, 0.4) is 0 Å². The molecule has 0 spiro atoms. The number of nitrogen functional groups attached to an aromatic ring is 1. The van der Waals surface area contributed by atoms with Crippen LogP contribution in [0, 0.1) is 0 Å². The number of anilines is 1. The number of pyridine rings is 1. The van der Waals surface area contributed by atoms with Crippen LogP contribution in [0.4, 0.5) is 5.82 Å². The zero-order valence-corrected chi connectivity index (χ0v) is 12.6. The van der Waals surface area contributed by atoms with Gasteiger partial charge in [-0.2, -0.15) is 0 Å². The highest BCUT2D eigenvalue weighted by Crippen LogP contribution is 2.25. The summed E-state index contributed by atoms with van der Waals surface area (Å²) in [5, 5.41) is 0. The maximum absolute atomic E-state index is 12.5. The summed E-state index contributed by atoms with van der Waals surface area (Å²) >= 11 is 3.34. The molecule has 0 atom stereocenters. The monoisotopic (exact) mass is 326 g/mol. The molecule has 1 aromatic rings. The van der Waals surface area contributed by atoms with Gasteiger partial charge in [0.05, 0.1) is 5.56 Å². The van der Waals surface area contributed by atoms with E-state index < -0.39 is 0 Å². The van der Waals surface area contributed by atoms with Gasteiger partial charge in [-0.25, -0.2) is 10.8 Å². The van der Waals surface area contributed by atoms with Gasteiger partial charge in [-0.15, -0.1) is 0 Å². The minimum atomic E-state index is -0.0337. The van der Waals surface area contributed by atoms with Gasteiger partial charge in [0.25, 0.3) is 5.91 Å². The number of rotatable bonds is 3. The lowest BCUT2D eigenvalue weighted by atomic mass is 9.94. The maximum atomic E-state index is 12.5. The summed E-state index contributed by atoms with van der Waals surface area (Å²) in [6.07, 6.45) is 7.44. The zero-order chi connectivity index (χ0) is 13.8. The summed E-state index contributed by atoms with van der Waals surface area (Å²) in [5.41, 5.74) is 2.99. The van der Waals surface area contributed by atoms with Crippen LogP contribution >= 0.6 is 15.9 Å². The van der Waals surface area contributed by atoms with Crippen molar-refractivity contribution in [1.29, 1.82) is 0 Å². The smallest absolute Gasteiger partial charge is 0.257 e. The van der Waals surface area contributed by atoms with Crippen LogP contribution in [-0.2, 0) is 0 Å². The van der Waals surface area contributed by atoms with Crippen molar-refractivity contribution in [3.8, 4) is 0 Å². The Kier molecular flexibility index (Phi) is 4.76. The summed E-state index contributed by atoms with van der Waals surface area (Å²) in [6.45, 7) is 0. The Bertz CT molecular complexity index is 460. The Balaban J connectivity index is 2.20. The van der Waals surface area contributed by atoms with Crippen LogP contribution in [-0.4, -0.2) is 28.9 Å². The van der Waals surface area contributed by atoms with E-state index in [0.717, 1.165) is 17.3 Å².